The summed E-state index contributed by atoms with van der Waals surface area (Å²) in [7, 11) is 0. The highest BCUT2D eigenvalue weighted by Crippen LogP contribution is 2.45. The molecule has 206 valence electrons. The Kier molecular flexibility index (Phi) is 5.92. The van der Waals surface area contributed by atoms with Gasteiger partial charge in [0.15, 0.2) is 17.3 Å². The number of carbonyl (C=O) groups excluding carboxylic acids is 3. The molecule has 0 saturated carbocycles. The van der Waals surface area contributed by atoms with Crippen molar-refractivity contribution in [2.75, 3.05) is 0 Å². The molecular weight excluding hydrogens is 540 g/mol. The van der Waals surface area contributed by atoms with Crippen LogP contribution in [0.4, 0.5) is 0 Å². The lowest BCUT2D eigenvalue weighted by Gasteiger charge is -2.22. The third-order valence-corrected chi connectivity index (χ3v) is 8.59. The van der Waals surface area contributed by atoms with Gasteiger partial charge in [-0.3, -0.25) is 14.4 Å². The molecule has 0 bridgehead atoms. The predicted octanol–water partition coefficient (Wildman–Crippen LogP) is 9.43. The van der Waals surface area contributed by atoms with Crippen molar-refractivity contribution in [1.82, 2.24) is 0 Å². The Bertz CT molecular complexity index is 2400. The van der Waals surface area contributed by atoms with Crippen LogP contribution in [0.2, 0.25) is 0 Å². The lowest BCUT2D eigenvalue weighted by molar-refractivity contribution is 0.0992. The van der Waals surface area contributed by atoms with Crippen molar-refractivity contribution >= 4 is 60.4 Å². The van der Waals surface area contributed by atoms with Crippen molar-refractivity contribution in [3.8, 4) is 0 Å². The molecule has 0 aliphatic heterocycles. The molecule has 0 atom stereocenters. The topological polar surface area (TPSA) is 51.2 Å². The summed E-state index contributed by atoms with van der Waals surface area (Å²) in [5, 5.41) is 7.07. The summed E-state index contributed by atoms with van der Waals surface area (Å²) in [5.74, 6) is -0.957. The molecule has 0 spiro atoms. The van der Waals surface area contributed by atoms with Gasteiger partial charge < -0.3 is 0 Å². The third kappa shape index (κ3) is 3.80. The Morgan fingerprint density at radius 3 is 1.25 bits per heavy atom. The van der Waals surface area contributed by atoms with E-state index in [4.69, 9.17) is 0 Å². The molecular formula is C41H24O3. The Hall–Kier alpha value is -5.93. The van der Waals surface area contributed by atoms with Crippen LogP contribution < -0.4 is 0 Å². The van der Waals surface area contributed by atoms with Gasteiger partial charge in [0.1, 0.15) is 0 Å². The molecule has 0 N–H and O–H groups in total. The van der Waals surface area contributed by atoms with Gasteiger partial charge >= 0.3 is 0 Å². The zero-order valence-electron chi connectivity index (χ0n) is 23.6. The molecule has 8 aromatic carbocycles. The minimum atomic E-state index is -0.362. The highest BCUT2D eigenvalue weighted by atomic mass is 16.1. The van der Waals surface area contributed by atoms with Crippen LogP contribution in [0.25, 0.3) is 43.1 Å². The summed E-state index contributed by atoms with van der Waals surface area (Å²) in [6, 6.07) is 45.0. The Balaban J connectivity index is 1.66. The standard InChI is InChI=1S/C41H24O3/c42-39(26-13-4-1-5-14-26)36-32-24-12-22-30-29-21-10-19-25-20-11-23-31(33(25)29)35(34(30)32)37(40(43)27-15-6-2-7-16-27)38(36)41(44)28-17-8-3-9-18-28/h1-24H. The molecule has 0 aliphatic carbocycles. The summed E-state index contributed by atoms with van der Waals surface area (Å²) < 4.78 is 0. The molecule has 0 radical (unpaired) electrons. The molecule has 44 heavy (non-hydrogen) atoms. The van der Waals surface area contributed by atoms with Crippen LogP contribution in [0, 0.1) is 0 Å². The highest BCUT2D eigenvalue weighted by molar-refractivity contribution is 6.42. The van der Waals surface area contributed by atoms with Gasteiger partial charge in [-0.15, -0.1) is 0 Å². The predicted molar refractivity (Wildman–Crippen MR) is 177 cm³/mol. The summed E-state index contributed by atoms with van der Waals surface area (Å²) in [6.45, 7) is 0. The second-order valence-corrected chi connectivity index (χ2v) is 11.0. The van der Waals surface area contributed by atoms with E-state index >= 15 is 0 Å². The molecule has 0 heterocycles. The fourth-order valence-electron chi connectivity index (χ4n) is 6.70. The number of carbonyl (C=O) groups is 3. The monoisotopic (exact) mass is 564 g/mol. The van der Waals surface area contributed by atoms with E-state index in [0.717, 1.165) is 32.3 Å². The maximum absolute atomic E-state index is 14.8. The smallest absolute Gasteiger partial charge is 0.194 e. The number of rotatable bonds is 6. The third-order valence-electron chi connectivity index (χ3n) is 8.59. The molecule has 8 aromatic rings. The molecule has 3 heteroatoms. The minimum absolute atomic E-state index is 0.134. The average Bonchev–Trinajstić information content (AvgIpc) is 3.10. The second kappa shape index (κ2) is 10.1. The van der Waals surface area contributed by atoms with Crippen LogP contribution in [-0.4, -0.2) is 17.3 Å². The van der Waals surface area contributed by atoms with Gasteiger partial charge in [0.05, 0.1) is 0 Å². The average molecular weight is 565 g/mol. The fraction of sp³-hybridized carbons (Fsp3) is 0. The maximum Gasteiger partial charge on any atom is 0.194 e. The van der Waals surface area contributed by atoms with E-state index in [0.29, 0.717) is 27.5 Å². The first-order chi connectivity index (χ1) is 21.6. The van der Waals surface area contributed by atoms with E-state index in [-0.39, 0.29) is 34.0 Å². The summed E-state index contributed by atoms with van der Waals surface area (Å²) >= 11 is 0. The van der Waals surface area contributed by atoms with Gasteiger partial charge in [-0.2, -0.15) is 0 Å². The molecule has 0 amide bonds. The van der Waals surface area contributed by atoms with Crippen LogP contribution in [0.5, 0.6) is 0 Å². The van der Waals surface area contributed by atoms with Crippen molar-refractivity contribution in [3.05, 3.63) is 179 Å². The van der Waals surface area contributed by atoms with Crippen LogP contribution in [0.3, 0.4) is 0 Å². The van der Waals surface area contributed by atoms with Crippen molar-refractivity contribution in [3.63, 3.8) is 0 Å². The van der Waals surface area contributed by atoms with Crippen molar-refractivity contribution in [1.29, 1.82) is 0 Å². The van der Waals surface area contributed by atoms with E-state index in [9.17, 15) is 14.4 Å². The van der Waals surface area contributed by atoms with Crippen molar-refractivity contribution in [2.24, 2.45) is 0 Å². The molecule has 8 rings (SSSR count). The number of ketones is 3. The SMILES string of the molecule is O=C(c1ccccc1)c1c(C(=O)c2ccccc2)c2cccc3c4cccc5cccc(c(c1C(=O)c1ccccc1)c23)c54. The van der Waals surface area contributed by atoms with Crippen LogP contribution >= 0.6 is 0 Å². The Labute approximate surface area is 253 Å². The van der Waals surface area contributed by atoms with Gasteiger partial charge in [-0.25, -0.2) is 0 Å². The highest BCUT2D eigenvalue weighted by Gasteiger charge is 2.33. The fourth-order valence-corrected chi connectivity index (χ4v) is 6.70. The minimum Gasteiger partial charge on any atom is -0.289 e. The zero-order valence-corrected chi connectivity index (χ0v) is 23.6. The van der Waals surface area contributed by atoms with Crippen LogP contribution in [0.1, 0.15) is 47.8 Å². The zero-order chi connectivity index (χ0) is 29.8. The van der Waals surface area contributed by atoms with Crippen molar-refractivity contribution in [2.45, 2.75) is 0 Å². The van der Waals surface area contributed by atoms with Gasteiger partial charge in [-0.1, -0.05) is 146 Å². The van der Waals surface area contributed by atoms with E-state index < -0.39 is 0 Å². The largest absolute Gasteiger partial charge is 0.289 e. The van der Waals surface area contributed by atoms with Crippen molar-refractivity contribution < 1.29 is 14.4 Å². The van der Waals surface area contributed by atoms with E-state index in [2.05, 4.69) is 18.2 Å². The number of benzene rings is 8. The van der Waals surface area contributed by atoms with Gasteiger partial charge in [0.25, 0.3) is 0 Å². The summed E-state index contributed by atoms with van der Waals surface area (Å²) in [6.07, 6.45) is 0. The number of fused-ring (bicyclic) bond motifs is 2. The van der Waals surface area contributed by atoms with E-state index in [1.54, 1.807) is 48.5 Å². The summed E-state index contributed by atoms with van der Waals surface area (Å²) in [4.78, 5) is 44.2. The molecule has 0 unspecified atom stereocenters. The van der Waals surface area contributed by atoms with Gasteiger partial charge in [0.2, 0.25) is 0 Å². The van der Waals surface area contributed by atoms with Crippen LogP contribution in [0.15, 0.2) is 146 Å². The molecule has 3 nitrogen and oxygen atoms in total. The quantitative estimate of drug-likeness (QED) is 0.115. The normalized spacial score (nSPS) is 11.5. The van der Waals surface area contributed by atoms with Crippen LogP contribution in [-0.2, 0) is 0 Å². The molecule has 0 saturated heterocycles. The van der Waals surface area contributed by atoms with E-state index in [1.165, 1.54) is 0 Å². The lowest BCUT2D eigenvalue weighted by atomic mass is 9.78. The van der Waals surface area contributed by atoms with Gasteiger partial charge in [-0.05, 0) is 37.7 Å². The lowest BCUT2D eigenvalue weighted by Crippen LogP contribution is -2.19. The maximum atomic E-state index is 14.8. The summed E-state index contributed by atoms with van der Waals surface area (Å²) in [5.41, 5.74) is 1.95. The first kappa shape index (κ1) is 25.8. The van der Waals surface area contributed by atoms with E-state index in [1.807, 2.05) is 78.9 Å². The number of hydrogen-bond donors (Lipinski definition) is 0. The second-order valence-electron chi connectivity index (χ2n) is 11.0. The Morgan fingerprint density at radius 1 is 0.295 bits per heavy atom. The first-order valence-corrected chi connectivity index (χ1v) is 14.6. The first-order valence-electron chi connectivity index (χ1n) is 14.6. The van der Waals surface area contributed by atoms with Gasteiger partial charge in [0, 0.05) is 38.8 Å². The molecule has 0 fully saturated rings. The number of hydrogen-bond acceptors (Lipinski definition) is 3. The molecule has 0 aromatic heterocycles. The Morgan fingerprint density at radius 2 is 0.705 bits per heavy atom. The molecule has 0 aliphatic rings.